The van der Waals surface area contributed by atoms with E-state index in [4.69, 9.17) is 9.47 Å². The normalized spacial score (nSPS) is 31.9. The third kappa shape index (κ3) is 2.47. The standard InChI is InChI=1S/C11H21NO2/c1-2-11-9-12(5-8-14-11)10-3-6-13-7-4-10/h10-11H,2-9H2,1H3/t11-/m1/s1. The molecule has 2 fully saturated rings. The molecule has 0 unspecified atom stereocenters. The van der Waals surface area contributed by atoms with Gasteiger partial charge in [0.2, 0.25) is 0 Å². The Morgan fingerprint density at radius 3 is 2.71 bits per heavy atom. The SMILES string of the molecule is CC[C@@H]1CN(C2CCOCC2)CCO1. The zero-order valence-corrected chi connectivity index (χ0v) is 9.08. The topological polar surface area (TPSA) is 21.7 Å². The minimum absolute atomic E-state index is 0.464. The Hall–Kier alpha value is -0.120. The molecule has 0 saturated carbocycles. The van der Waals surface area contributed by atoms with Gasteiger partial charge in [0.05, 0.1) is 12.7 Å². The van der Waals surface area contributed by atoms with Crippen molar-refractivity contribution < 1.29 is 9.47 Å². The molecule has 3 heteroatoms. The number of rotatable bonds is 2. The molecule has 2 aliphatic rings. The van der Waals surface area contributed by atoms with Crippen LogP contribution in [0.5, 0.6) is 0 Å². The van der Waals surface area contributed by atoms with Gasteiger partial charge < -0.3 is 9.47 Å². The Bertz CT molecular complexity index is 169. The summed E-state index contributed by atoms with van der Waals surface area (Å²) < 4.78 is 11.1. The molecule has 2 saturated heterocycles. The summed E-state index contributed by atoms with van der Waals surface area (Å²) in [4.78, 5) is 2.60. The molecule has 0 aliphatic carbocycles. The molecular weight excluding hydrogens is 178 g/mol. The van der Waals surface area contributed by atoms with Crippen LogP contribution in [-0.2, 0) is 9.47 Å². The molecule has 2 aliphatic heterocycles. The van der Waals surface area contributed by atoms with E-state index in [9.17, 15) is 0 Å². The van der Waals surface area contributed by atoms with E-state index in [2.05, 4.69) is 11.8 Å². The fourth-order valence-electron chi connectivity index (χ4n) is 2.37. The predicted octanol–water partition coefficient (Wildman–Crippen LogP) is 1.28. The molecule has 1 atom stereocenters. The van der Waals surface area contributed by atoms with E-state index < -0.39 is 0 Å². The summed E-state index contributed by atoms with van der Waals surface area (Å²) in [5.41, 5.74) is 0. The lowest BCUT2D eigenvalue weighted by atomic mass is 10.1. The first-order valence-electron chi connectivity index (χ1n) is 5.83. The highest BCUT2D eigenvalue weighted by molar-refractivity contribution is 4.79. The number of morpholine rings is 1. The molecule has 3 nitrogen and oxygen atoms in total. The highest BCUT2D eigenvalue weighted by Crippen LogP contribution is 2.18. The molecule has 0 radical (unpaired) electrons. The molecule has 0 bridgehead atoms. The van der Waals surface area contributed by atoms with Gasteiger partial charge in [-0.05, 0) is 19.3 Å². The Balaban J connectivity index is 1.83. The lowest BCUT2D eigenvalue weighted by Gasteiger charge is -2.39. The fourth-order valence-corrected chi connectivity index (χ4v) is 2.37. The van der Waals surface area contributed by atoms with Crippen LogP contribution in [0.1, 0.15) is 26.2 Å². The first-order valence-corrected chi connectivity index (χ1v) is 5.83. The van der Waals surface area contributed by atoms with E-state index in [0.717, 1.165) is 45.4 Å². The third-order valence-corrected chi connectivity index (χ3v) is 3.33. The zero-order chi connectivity index (χ0) is 9.80. The van der Waals surface area contributed by atoms with E-state index in [1.54, 1.807) is 0 Å². The van der Waals surface area contributed by atoms with Crippen LogP contribution in [0.3, 0.4) is 0 Å². The maximum absolute atomic E-state index is 5.68. The van der Waals surface area contributed by atoms with E-state index in [1.165, 1.54) is 12.8 Å². The van der Waals surface area contributed by atoms with Gasteiger partial charge in [-0.2, -0.15) is 0 Å². The van der Waals surface area contributed by atoms with Gasteiger partial charge in [0.15, 0.2) is 0 Å². The molecular formula is C11H21NO2. The minimum Gasteiger partial charge on any atom is -0.381 e. The lowest BCUT2D eigenvalue weighted by Crippen LogP contribution is -2.49. The molecule has 14 heavy (non-hydrogen) atoms. The van der Waals surface area contributed by atoms with Gasteiger partial charge in [0.1, 0.15) is 0 Å². The molecule has 0 N–H and O–H groups in total. The summed E-state index contributed by atoms with van der Waals surface area (Å²) in [6.45, 7) is 7.24. The number of hydrogen-bond acceptors (Lipinski definition) is 3. The highest BCUT2D eigenvalue weighted by atomic mass is 16.5. The van der Waals surface area contributed by atoms with Crippen LogP contribution >= 0.6 is 0 Å². The van der Waals surface area contributed by atoms with Gasteiger partial charge in [0.25, 0.3) is 0 Å². The molecule has 0 amide bonds. The number of hydrogen-bond donors (Lipinski definition) is 0. The van der Waals surface area contributed by atoms with Gasteiger partial charge in [-0.25, -0.2) is 0 Å². The first kappa shape index (κ1) is 10.4. The van der Waals surface area contributed by atoms with Crippen molar-refractivity contribution >= 4 is 0 Å². The Morgan fingerprint density at radius 1 is 1.21 bits per heavy atom. The van der Waals surface area contributed by atoms with Gasteiger partial charge in [-0.3, -0.25) is 4.90 Å². The molecule has 0 aromatic carbocycles. The van der Waals surface area contributed by atoms with Crippen molar-refractivity contribution in [1.29, 1.82) is 0 Å². The lowest BCUT2D eigenvalue weighted by molar-refractivity contribution is -0.0624. The Labute approximate surface area is 86.4 Å². The highest BCUT2D eigenvalue weighted by Gasteiger charge is 2.26. The first-order chi connectivity index (χ1) is 6.90. The van der Waals surface area contributed by atoms with Crippen molar-refractivity contribution in [2.45, 2.75) is 38.3 Å². The number of ether oxygens (including phenoxy) is 2. The largest absolute Gasteiger partial charge is 0.381 e. The smallest absolute Gasteiger partial charge is 0.0700 e. The average Bonchev–Trinajstić information content (AvgIpc) is 2.30. The van der Waals surface area contributed by atoms with Crippen LogP contribution in [0.15, 0.2) is 0 Å². The summed E-state index contributed by atoms with van der Waals surface area (Å²) in [5.74, 6) is 0. The second-order valence-electron chi connectivity index (χ2n) is 4.24. The fraction of sp³-hybridized carbons (Fsp3) is 1.00. The van der Waals surface area contributed by atoms with E-state index in [0.29, 0.717) is 6.10 Å². The molecule has 82 valence electrons. The molecule has 2 heterocycles. The second kappa shape index (κ2) is 5.10. The quantitative estimate of drug-likeness (QED) is 0.668. The summed E-state index contributed by atoms with van der Waals surface area (Å²) in [6, 6.07) is 0.752. The van der Waals surface area contributed by atoms with Gasteiger partial charge in [-0.15, -0.1) is 0 Å². The van der Waals surface area contributed by atoms with Gasteiger partial charge >= 0.3 is 0 Å². The number of nitrogens with zero attached hydrogens (tertiary/aromatic N) is 1. The monoisotopic (exact) mass is 199 g/mol. The summed E-state index contributed by atoms with van der Waals surface area (Å²) in [5, 5.41) is 0. The summed E-state index contributed by atoms with van der Waals surface area (Å²) in [7, 11) is 0. The van der Waals surface area contributed by atoms with Crippen LogP contribution in [-0.4, -0.2) is 50.0 Å². The predicted molar refractivity (Wildman–Crippen MR) is 55.4 cm³/mol. The third-order valence-electron chi connectivity index (χ3n) is 3.33. The van der Waals surface area contributed by atoms with Crippen LogP contribution in [0, 0.1) is 0 Å². The Kier molecular flexibility index (Phi) is 3.79. The molecule has 0 aromatic heterocycles. The van der Waals surface area contributed by atoms with Crippen molar-refractivity contribution in [3.05, 3.63) is 0 Å². The van der Waals surface area contributed by atoms with Crippen molar-refractivity contribution in [1.82, 2.24) is 4.90 Å². The van der Waals surface area contributed by atoms with Crippen LogP contribution in [0.25, 0.3) is 0 Å². The molecule has 0 spiro atoms. The Morgan fingerprint density at radius 2 is 2.00 bits per heavy atom. The second-order valence-corrected chi connectivity index (χ2v) is 4.24. The van der Waals surface area contributed by atoms with Crippen molar-refractivity contribution in [3.63, 3.8) is 0 Å². The minimum atomic E-state index is 0.464. The van der Waals surface area contributed by atoms with E-state index >= 15 is 0 Å². The summed E-state index contributed by atoms with van der Waals surface area (Å²) in [6.07, 6.45) is 4.01. The summed E-state index contributed by atoms with van der Waals surface area (Å²) >= 11 is 0. The van der Waals surface area contributed by atoms with Crippen molar-refractivity contribution in [2.75, 3.05) is 32.9 Å². The average molecular weight is 199 g/mol. The van der Waals surface area contributed by atoms with Crippen LogP contribution < -0.4 is 0 Å². The van der Waals surface area contributed by atoms with Gasteiger partial charge in [-0.1, -0.05) is 6.92 Å². The van der Waals surface area contributed by atoms with Crippen LogP contribution in [0.2, 0.25) is 0 Å². The van der Waals surface area contributed by atoms with E-state index in [-0.39, 0.29) is 0 Å². The van der Waals surface area contributed by atoms with Crippen LogP contribution in [0.4, 0.5) is 0 Å². The molecule has 2 rings (SSSR count). The molecule has 0 aromatic rings. The van der Waals surface area contributed by atoms with Gasteiger partial charge in [0, 0.05) is 32.3 Å². The zero-order valence-electron chi connectivity index (χ0n) is 9.08. The van der Waals surface area contributed by atoms with Crippen molar-refractivity contribution in [3.8, 4) is 0 Å². The maximum atomic E-state index is 5.68. The van der Waals surface area contributed by atoms with E-state index in [1.807, 2.05) is 0 Å². The maximum Gasteiger partial charge on any atom is 0.0700 e. The van der Waals surface area contributed by atoms with Crippen molar-refractivity contribution in [2.24, 2.45) is 0 Å².